The molecule has 1 aliphatic heterocycles. The molecule has 0 radical (unpaired) electrons. The van der Waals surface area contributed by atoms with Crippen molar-refractivity contribution in [1.82, 2.24) is 5.32 Å². The first-order chi connectivity index (χ1) is 13.2. The summed E-state index contributed by atoms with van der Waals surface area (Å²) >= 11 is 0. The van der Waals surface area contributed by atoms with Crippen molar-refractivity contribution in [2.45, 2.75) is 25.4 Å². The van der Waals surface area contributed by atoms with Gasteiger partial charge in [0.15, 0.2) is 0 Å². The number of nitrogens with zero attached hydrogens (tertiary/aromatic N) is 1. The van der Waals surface area contributed by atoms with Crippen LogP contribution in [0.4, 0.5) is 5.69 Å². The molecule has 0 unspecified atom stereocenters. The number of carbonyl (C=O) groups is 1. The lowest BCUT2D eigenvalue weighted by Gasteiger charge is -2.26. The summed E-state index contributed by atoms with van der Waals surface area (Å²) in [5.74, 6) is 0.0382. The van der Waals surface area contributed by atoms with E-state index >= 15 is 0 Å². The van der Waals surface area contributed by atoms with Gasteiger partial charge in [-0.05, 0) is 36.1 Å². The second-order valence-electron chi connectivity index (χ2n) is 7.13. The maximum Gasteiger partial charge on any atom is 0.240 e. The molecule has 1 atom stereocenters. The van der Waals surface area contributed by atoms with Gasteiger partial charge in [0.2, 0.25) is 5.91 Å². The number of fused-ring (bicyclic) bond motifs is 1. The molecule has 0 fully saturated rings. The Morgan fingerprint density at radius 3 is 2.11 bits per heavy atom. The first kappa shape index (κ1) is 17.3. The van der Waals surface area contributed by atoms with Gasteiger partial charge >= 0.3 is 0 Å². The molecule has 1 aliphatic rings. The molecule has 3 aromatic carbocycles. The van der Waals surface area contributed by atoms with Crippen molar-refractivity contribution >= 4 is 11.6 Å². The summed E-state index contributed by atoms with van der Waals surface area (Å²) in [5.41, 5.74) is 4.68. The lowest BCUT2D eigenvalue weighted by atomic mass is 9.98. The summed E-state index contributed by atoms with van der Waals surface area (Å²) in [4.78, 5) is 15.2. The van der Waals surface area contributed by atoms with E-state index in [0.717, 1.165) is 17.5 Å². The van der Waals surface area contributed by atoms with E-state index in [9.17, 15) is 4.79 Å². The summed E-state index contributed by atoms with van der Waals surface area (Å²) in [6.07, 6.45) is 0.990. The number of amides is 1. The number of anilines is 1. The van der Waals surface area contributed by atoms with Crippen molar-refractivity contribution in [1.29, 1.82) is 0 Å². The lowest BCUT2D eigenvalue weighted by molar-refractivity contribution is -0.120. The van der Waals surface area contributed by atoms with E-state index in [-0.39, 0.29) is 11.9 Å². The third-order valence-electron chi connectivity index (χ3n) is 5.23. The second kappa shape index (κ2) is 7.67. The van der Waals surface area contributed by atoms with Gasteiger partial charge in [0.05, 0.1) is 12.6 Å². The molecule has 0 bridgehead atoms. The maximum atomic E-state index is 13.0. The highest BCUT2D eigenvalue weighted by atomic mass is 16.2. The number of carbonyl (C=O) groups excluding carboxylic acids is 1. The fourth-order valence-corrected chi connectivity index (χ4v) is 3.88. The monoisotopic (exact) mass is 356 g/mol. The Hall–Kier alpha value is -3.07. The first-order valence-corrected chi connectivity index (χ1v) is 9.46. The molecule has 1 amide bonds. The van der Waals surface area contributed by atoms with Crippen molar-refractivity contribution in [3.63, 3.8) is 0 Å². The molecule has 4 rings (SSSR count). The number of para-hydroxylation sites is 1. The molecule has 0 spiro atoms. The summed E-state index contributed by atoms with van der Waals surface area (Å²) in [6, 6.07) is 28.8. The average molecular weight is 356 g/mol. The summed E-state index contributed by atoms with van der Waals surface area (Å²) in [5, 5.41) is 3.25. The van der Waals surface area contributed by atoms with E-state index in [1.54, 1.807) is 0 Å². The smallest absolute Gasteiger partial charge is 0.240 e. The molecule has 3 aromatic rings. The predicted octanol–water partition coefficient (Wildman–Crippen LogP) is 4.34. The number of hydrogen-bond donors (Lipinski definition) is 1. The van der Waals surface area contributed by atoms with Gasteiger partial charge < -0.3 is 10.2 Å². The summed E-state index contributed by atoms with van der Waals surface area (Å²) in [6.45, 7) is 2.55. The lowest BCUT2D eigenvalue weighted by Crippen LogP contribution is -2.41. The van der Waals surface area contributed by atoms with E-state index in [1.807, 2.05) is 42.5 Å². The third kappa shape index (κ3) is 3.72. The standard InChI is InChI=1S/C24H24N2O/c1-18-16-21-14-8-9-15-22(21)26(18)17-23(27)25-24(19-10-4-2-5-11-19)20-12-6-3-7-13-20/h2-15,18,24H,16-17H2,1H3,(H,25,27)/t18-/m1/s1. The van der Waals surface area contributed by atoms with E-state index in [4.69, 9.17) is 0 Å². The topological polar surface area (TPSA) is 32.3 Å². The molecule has 136 valence electrons. The van der Waals surface area contributed by atoms with Crippen LogP contribution in [0.25, 0.3) is 0 Å². The van der Waals surface area contributed by atoms with Crippen LogP contribution in [0, 0.1) is 0 Å². The Bertz CT molecular complexity index is 868. The highest BCUT2D eigenvalue weighted by Gasteiger charge is 2.28. The minimum absolute atomic E-state index is 0.0382. The van der Waals surface area contributed by atoms with Crippen LogP contribution in [0.2, 0.25) is 0 Å². The molecule has 0 aromatic heterocycles. The van der Waals surface area contributed by atoms with Crippen LogP contribution < -0.4 is 10.2 Å². The minimum Gasteiger partial charge on any atom is -0.359 e. The molecule has 0 saturated heterocycles. The number of benzene rings is 3. The van der Waals surface area contributed by atoms with Crippen LogP contribution in [0.1, 0.15) is 29.7 Å². The second-order valence-corrected chi connectivity index (χ2v) is 7.13. The Morgan fingerprint density at radius 2 is 1.48 bits per heavy atom. The van der Waals surface area contributed by atoms with E-state index in [0.29, 0.717) is 12.6 Å². The van der Waals surface area contributed by atoms with Gasteiger partial charge in [-0.25, -0.2) is 0 Å². The van der Waals surface area contributed by atoms with Crippen LogP contribution in [-0.2, 0) is 11.2 Å². The largest absolute Gasteiger partial charge is 0.359 e. The van der Waals surface area contributed by atoms with Crippen LogP contribution in [0.15, 0.2) is 84.9 Å². The molecule has 1 heterocycles. The van der Waals surface area contributed by atoms with Crippen LogP contribution in [0.3, 0.4) is 0 Å². The fraction of sp³-hybridized carbons (Fsp3) is 0.208. The Morgan fingerprint density at radius 1 is 0.926 bits per heavy atom. The normalized spacial score (nSPS) is 15.6. The van der Waals surface area contributed by atoms with Crippen molar-refractivity contribution in [2.24, 2.45) is 0 Å². The van der Waals surface area contributed by atoms with Gasteiger partial charge in [-0.1, -0.05) is 78.9 Å². The number of nitrogens with one attached hydrogen (secondary N) is 1. The zero-order valence-electron chi connectivity index (χ0n) is 15.5. The summed E-state index contributed by atoms with van der Waals surface area (Å²) in [7, 11) is 0. The van der Waals surface area contributed by atoms with Gasteiger partial charge in [0.25, 0.3) is 0 Å². The Balaban J connectivity index is 1.54. The quantitative estimate of drug-likeness (QED) is 0.737. The molecule has 3 heteroatoms. The van der Waals surface area contributed by atoms with Gasteiger partial charge in [-0.15, -0.1) is 0 Å². The molecule has 0 saturated carbocycles. The average Bonchev–Trinajstić information content (AvgIpc) is 3.03. The molecular weight excluding hydrogens is 332 g/mol. The van der Waals surface area contributed by atoms with Gasteiger partial charge in [-0.3, -0.25) is 4.79 Å². The highest BCUT2D eigenvalue weighted by Crippen LogP contribution is 2.31. The molecule has 3 nitrogen and oxygen atoms in total. The Kier molecular flexibility index (Phi) is 4.93. The van der Waals surface area contributed by atoms with Crippen molar-refractivity contribution in [3.05, 3.63) is 102 Å². The highest BCUT2D eigenvalue weighted by molar-refractivity contribution is 5.83. The fourth-order valence-electron chi connectivity index (χ4n) is 3.88. The van der Waals surface area contributed by atoms with Crippen molar-refractivity contribution in [3.8, 4) is 0 Å². The minimum atomic E-state index is -0.145. The molecular formula is C24H24N2O. The van der Waals surface area contributed by atoms with Crippen LogP contribution in [0.5, 0.6) is 0 Å². The maximum absolute atomic E-state index is 13.0. The van der Waals surface area contributed by atoms with Crippen molar-refractivity contribution < 1.29 is 4.79 Å². The summed E-state index contributed by atoms with van der Waals surface area (Å²) < 4.78 is 0. The first-order valence-electron chi connectivity index (χ1n) is 9.46. The van der Waals surface area contributed by atoms with Gasteiger partial charge in [0, 0.05) is 11.7 Å². The molecule has 27 heavy (non-hydrogen) atoms. The van der Waals surface area contributed by atoms with Crippen LogP contribution in [-0.4, -0.2) is 18.5 Å². The van der Waals surface area contributed by atoms with Crippen molar-refractivity contribution in [2.75, 3.05) is 11.4 Å². The number of hydrogen-bond acceptors (Lipinski definition) is 2. The van der Waals surface area contributed by atoms with Gasteiger partial charge in [0.1, 0.15) is 0 Å². The van der Waals surface area contributed by atoms with E-state index < -0.39 is 0 Å². The predicted molar refractivity (Wildman–Crippen MR) is 110 cm³/mol. The SMILES string of the molecule is C[C@@H]1Cc2ccccc2N1CC(=O)NC(c1ccccc1)c1ccccc1. The number of rotatable bonds is 5. The zero-order chi connectivity index (χ0) is 18.6. The molecule has 0 aliphatic carbocycles. The van der Waals surface area contributed by atoms with E-state index in [2.05, 4.69) is 59.6 Å². The zero-order valence-corrected chi connectivity index (χ0v) is 15.5. The van der Waals surface area contributed by atoms with Gasteiger partial charge in [-0.2, -0.15) is 0 Å². The van der Waals surface area contributed by atoms with E-state index in [1.165, 1.54) is 11.3 Å². The third-order valence-corrected chi connectivity index (χ3v) is 5.23. The Labute approximate surface area is 160 Å². The van der Waals surface area contributed by atoms with Crippen LogP contribution >= 0.6 is 0 Å². The molecule has 1 N–H and O–H groups in total.